The third kappa shape index (κ3) is 9.79. The van der Waals surface area contributed by atoms with E-state index in [0.29, 0.717) is 80.3 Å². The molecule has 11 atom stereocenters. The van der Waals surface area contributed by atoms with E-state index in [9.17, 15) is 4.79 Å². The van der Waals surface area contributed by atoms with Crippen molar-refractivity contribution in [3.8, 4) is 0 Å². The monoisotopic (exact) mass is 730 g/mol. The second kappa shape index (κ2) is 20.1. The SMILES string of the molecule is C=CCO[C@@H]1CCC2(C)C(C1)C[C@@H](OCC=C)C1[C@@H]2C[C@H](OCC=C)C2(C)[C@@H](C(C)CCC(=O)N(CCCCCCCC)Cc3ccccc3)CC[C@@H]12. The quantitative estimate of drug-likeness (QED) is 0.0881. The van der Waals surface area contributed by atoms with Gasteiger partial charge in [-0.2, -0.15) is 0 Å². The van der Waals surface area contributed by atoms with Crippen molar-refractivity contribution in [1.29, 1.82) is 0 Å². The lowest BCUT2D eigenvalue weighted by Gasteiger charge is -2.64. The van der Waals surface area contributed by atoms with Crippen LogP contribution >= 0.6 is 0 Å². The lowest BCUT2D eigenvalue weighted by atomic mass is 9.43. The molecule has 296 valence electrons. The standard InChI is InChI=1S/C48H75NO4/c1-8-12-13-14-15-19-28-49(35-37-20-17-16-18-21-37)45(50)25-22-36(5)40-23-24-41-46-42(34-44(48(40,41)7)53-31-11-4)47(6)27-26-39(51-29-9-2)32-38(47)33-43(46)52-30-10-3/h9-11,16-18,20-21,36,38-44,46H,2-4,8,12-15,19,22-35H2,1,5-7H3/t36?,38?,39-,40-,41+,42+,43-,44+,46?,47?,48?/m1/s1. The van der Waals surface area contributed by atoms with Crippen molar-refractivity contribution in [3.63, 3.8) is 0 Å². The molecule has 5 heteroatoms. The highest BCUT2D eigenvalue weighted by molar-refractivity contribution is 5.76. The maximum Gasteiger partial charge on any atom is 0.222 e. The minimum Gasteiger partial charge on any atom is -0.374 e. The number of rotatable bonds is 22. The van der Waals surface area contributed by atoms with Crippen LogP contribution in [0.5, 0.6) is 0 Å². The van der Waals surface area contributed by atoms with Crippen molar-refractivity contribution in [1.82, 2.24) is 4.90 Å². The zero-order valence-electron chi connectivity index (χ0n) is 34.2. The molecule has 4 aliphatic rings. The summed E-state index contributed by atoms with van der Waals surface area (Å²) < 4.78 is 20.0. The van der Waals surface area contributed by atoms with Gasteiger partial charge in [0.25, 0.3) is 0 Å². The van der Waals surface area contributed by atoms with E-state index >= 15 is 0 Å². The summed E-state index contributed by atoms with van der Waals surface area (Å²) >= 11 is 0. The Morgan fingerprint density at radius 3 is 2.30 bits per heavy atom. The maximum atomic E-state index is 14.0. The Bertz CT molecular complexity index is 1300. The van der Waals surface area contributed by atoms with Gasteiger partial charge in [-0.3, -0.25) is 4.79 Å². The summed E-state index contributed by atoms with van der Waals surface area (Å²) in [6.45, 7) is 25.3. The lowest BCUT2D eigenvalue weighted by Crippen LogP contribution is -2.63. The summed E-state index contributed by atoms with van der Waals surface area (Å²) in [5.74, 6) is 3.42. The van der Waals surface area contributed by atoms with Gasteiger partial charge in [0.05, 0.1) is 38.1 Å². The van der Waals surface area contributed by atoms with Crippen LogP contribution in [0.2, 0.25) is 0 Å². The molecule has 0 heterocycles. The van der Waals surface area contributed by atoms with Gasteiger partial charge in [0, 0.05) is 24.9 Å². The highest BCUT2D eigenvalue weighted by atomic mass is 16.5. The van der Waals surface area contributed by atoms with Crippen LogP contribution in [0.3, 0.4) is 0 Å². The van der Waals surface area contributed by atoms with Gasteiger partial charge in [0.15, 0.2) is 0 Å². The summed E-state index contributed by atoms with van der Waals surface area (Å²) in [6, 6.07) is 10.6. The summed E-state index contributed by atoms with van der Waals surface area (Å²) in [5, 5.41) is 0. The van der Waals surface area contributed by atoms with Crippen molar-refractivity contribution in [2.45, 2.75) is 149 Å². The highest BCUT2D eigenvalue weighted by Gasteiger charge is 2.66. The molecule has 5 rings (SSSR count). The molecule has 0 aliphatic heterocycles. The van der Waals surface area contributed by atoms with E-state index < -0.39 is 0 Å². The Kier molecular flexibility index (Phi) is 15.9. The normalized spacial score (nSPS) is 34.0. The average molecular weight is 730 g/mol. The summed E-state index contributed by atoms with van der Waals surface area (Å²) in [5.41, 5.74) is 1.50. The number of carbonyl (C=O) groups excluding carboxylic acids is 1. The van der Waals surface area contributed by atoms with Crippen LogP contribution in [0, 0.1) is 46.3 Å². The first kappa shape index (κ1) is 41.9. The van der Waals surface area contributed by atoms with Gasteiger partial charge in [-0.15, -0.1) is 19.7 Å². The summed E-state index contributed by atoms with van der Waals surface area (Å²) in [7, 11) is 0. The van der Waals surface area contributed by atoms with E-state index in [1.807, 2.05) is 18.2 Å². The number of benzene rings is 1. The van der Waals surface area contributed by atoms with Crippen molar-refractivity contribution >= 4 is 5.91 Å². The average Bonchev–Trinajstić information content (AvgIpc) is 3.53. The van der Waals surface area contributed by atoms with Gasteiger partial charge < -0.3 is 19.1 Å². The minimum atomic E-state index is 0.0259. The van der Waals surface area contributed by atoms with Crippen molar-refractivity contribution in [2.75, 3.05) is 26.4 Å². The number of hydrogen-bond acceptors (Lipinski definition) is 4. The van der Waals surface area contributed by atoms with Crippen molar-refractivity contribution < 1.29 is 19.0 Å². The first-order valence-electron chi connectivity index (χ1n) is 21.7. The van der Waals surface area contributed by atoms with Crippen LogP contribution in [-0.2, 0) is 25.5 Å². The molecule has 0 spiro atoms. The molecule has 53 heavy (non-hydrogen) atoms. The molecule has 0 N–H and O–H groups in total. The van der Waals surface area contributed by atoms with E-state index in [-0.39, 0.29) is 23.0 Å². The molecule has 5 unspecified atom stereocenters. The third-order valence-corrected chi connectivity index (χ3v) is 14.9. The zero-order valence-corrected chi connectivity index (χ0v) is 34.2. The summed E-state index contributed by atoms with van der Waals surface area (Å²) in [4.78, 5) is 16.2. The minimum absolute atomic E-state index is 0.0259. The number of carbonyl (C=O) groups is 1. The third-order valence-electron chi connectivity index (χ3n) is 14.9. The molecule has 4 fully saturated rings. The largest absolute Gasteiger partial charge is 0.374 e. The van der Waals surface area contributed by atoms with Crippen LogP contribution in [0.25, 0.3) is 0 Å². The molecule has 0 bridgehead atoms. The number of amides is 1. The van der Waals surface area contributed by atoms with Gasteiger partial charge >= 0.3 is 0 Å². The molecule has 5 nitrogen and oxygen atoms in total. The topological polar surface area (TPSA) is 48.0 Å². The molecule has 0 radical (unpaired) electrons. The van der Waals surface area contributed by atoms with Crippen LogP contribution in [0.15, 0.2) is 68.3 Å². The predicted octanol–water partition coefficient (Wildman–Crippen LogP) is 11.4. The van der Waals surface area contributed by atoms with Crippen LogP contribution in [0.1, 0.15) is 130 Å². The fraction of sp³-hybridized carbons (Fsp3) is 0.729. The van der Waals surface area contributed by atoms with E-state index in [1.54, 1.807) is 0 Å². The molecular formula is C48H75NO4. The van der Waals surface area contributed by atoms with Crippen LogP contribution in [-0.4, -0.2) is 55.5 Å². The molecule has 1 amide bonds. The Hall–Kier alpha value is -2.21. The van der Waals surface area contributed by atoms with E-state index in [2.05, 4.69) is 82.7 Å². The Balaban J connectivity index is 1.32. The number of nitrogens with zero attached hydrogens (tertiary/aromatic N) is 1. The van der Waals surface area contributed by atoms with Gasteiger partial charge in [0.2, 0.25) is 5.91 Å². The first-order chi connectivity index (χ1) is 25.7. The molecule has 1 aromatic carbocycles. The Labute approximate surface area is 324 Å². The van der Waals surface area contributed by atoms with Gasteiger partial charge in [-0.1, -0.05) is 108 Å². The maximum absolute atomic E-state index is 14.0. The first-order valence-corrected chi connectivity index (χ1v) is 21.7. The van der Waals surface area contributed by atoms with Crippen LogP contribution in [0.4, 0.5) is 0 Å². The fourth-order valence-electron chi connectivity index (χ4n) is 12.1. The Morgan fingerprint density at radius 2 is 1.57 bits per heavy atom. The van der Waals surface area contributed by atoms with Crippen LogP contribution < -0.4 is 0 Å². The fourth-order valence-corrected chi connectivity index (χ4v) is 12.1. The smallest absolute Gasteiger partial charge is 0.222 e. The second-order valence-corrected chi connectivity index (χ2v) is 17.9. The van der Waals surface area contributed by atoms with Gasteiger partial charge in [-0.05, 0) is 104 Å². The lowest BCUT2D eigenvalue weighted by molar-refractivity contribution is -0.223. The predicted molar refractivity (Wildman–Crippen MR) is 219 cm³/mol. The molecule has 1 aromatic rings. The Morgan fingerprint density at radius 1 is 0.868 bits per heavy atom. The number of unbranched alkanes of at least 4 members (excludes halogenated alkanes) is 5. The second-order valence-electron chi connectivity index (χ2n) is 17.9. The van der Waals surface area contributed by atoms with E-state index in [0.717, 1.165) is 45.1 Å². The molecular weight excluding hydrogens is 655 g/mol. The van der Waals surface area contributed by atoms with Gasteiger partial charge in [-0.25, -0.2) is 0 Å². The molecule has 0 saturated heterocycles. The van der Waals surface area contributed by atoms with Crippen molar-refractivity contribution in [2.24, 2.45) is 46.3 Å². The molecule has 4 saturated carbocycles. The highest BCUT2D eigenvalue weighted by Crippen LogP contribution is 2.69. The zero-order chi connectivity index (χ0) is 37.8. The number of hydrogen-bond donors (Lipinski definition) is 0. The number of ether oxygens (including phenoxy) is 3. The summed E-state index contributed by atoms with van der Waals surface area (Å²) in [6.07, 6.45) is 23.4. The van der Waals surface area contributed by atoms with Gasteiger partial charge in [0.1, 0.15) is 0 Å². The van der Waals surface area contributed by atoms with E-state index in [1.165, 1.54) is 56.9 Å². The molecule has 0 aromatic heterocycles. The molecule has 4 aliphatic carbocycles. The number of fused-ring (bicyclic) bond motifs is 5. The van der Waals surface area contributed by atoms with Crippen molar-refractivity contribution in [3.05, 3.63) is 73.9 Å². The van der Waals surface area contributed by atoms with E-state index in [4.69, 9.17) is 14.2 Å².